The first-order valence-electron chi connectivity index (χ1n) is 17.7. The maximum Gasteiger partial charge on any atom is 0.167 e. The molecule has 54 heavy (non-hydrogen) atoms. The number of aromatic nitrogens is 3. The number of para-hydroxylation sites is 3. The molecule has 0 radical (unpaired) electrons. The van der Waals surface area contributed by atoms with Crippen molar-refractivity contribution >= 4 is 55.9 Å². The fraction of sp³-hybridized carbons (Fsp3) is 0. The topological polar surface area (TPSA) is 100 Å². The van der Waals surface area contributed by atoms with Crippen LogP contribution in [0.15, 0.2) is 173 Å². The van der Waals surface area contributed by atoms with E-state index < -0.39 is 0 Å². The number of allylic oxidation sites excluding steroid dienone is 1. The maximum atomic E-state index is 8.88. The molecule has 0 bridgehead atoms. The Bertz CT molecular complexity index is 2980. The van der Waals surface area contributed by atoms with Gasteiger partial charge in [-0.2, -0.15) is 5.10 Å². The van der Waals surface area contributed by atoms with E-state index in [0.29, 0.717) is 28.9 Å². The van der Waals surface area contributed by atoms with Crippen molar-refractivity contribution in [3.63, 3.8) is 0 Å². The van der Waals surface area contributed by atoms with Gasteiger partial charge in [0.05, 0.1) is 17.0 Å². The van der Waals surface area contributed by atoms with Gasteiger partial charge < -0.3 is 4.42 Å². The van der Waals surface area contributed by atoms with Crippen molar-refractivity contribution in [1.82, 2.24) is 15.0 Å². The SMILES string of the molecule is N=C1C=Cc2ccc3ccc(-c4nc(-c5ccccc5-c5ccccc5)nc(-c5cccc6c5oc5ccccc56)n4)cc3c2/C1=N/Nc1ccccc1. The number of hydrogen-bond donors (Lipinski definition) is 2. The summed E-state index contributed by atoms with van der Waals surface area (Å²) in [6.45, 7) is 0. The lowest BCUT2D eigenvalue weighted by atomic mass is 9.88. The van der Waals surface area contributed by atoms with Gasteiger partial charge in [-0.25, -0.2) is 15.0 Å². The van der Waals surface area contributed by atoms with Crippen LogP contribution in [0.5, 0.6) is 0 Å². The number of anilines is 1. The summed E-state index contributed by atoms with van der Waals surface area (Å²) < 4.78 is 6.47. The minimum atomic E-state index is 0.324. The van der Waals surface area contributed by atoms with Crippen LogP contribution in [0, 0.1) is 5.41 Å². The largest absolute Gasteiger partial charge is 0.455 e. The number of hydrogen-bond acceptors (Lipinski definition) is 7. The van der Waals surface area contributed by atoms with E-state index >= 15 is 0 Å². The van der Waals surface area contributed by atoms with E-state index in [-0.39, 0.29) is 0 Å². The van der Waals surface area contributed by atoms with E-state index in [0.717, 1.165) is 77.3 Å². The zero-order valence-electron chi connectivity index (χ0n) is 28.9. The third-order valence-corrected chi connectivity index (χ3v) is 9.84. The molecular weight excluding hydrogens is 665 g/mol. The summed E-state index contributed by atoms with van der Waals surface area (Å²) in [5.74, 6) is 1.58. The highest BCUT2D eigenvalue weighted by Crippen LogP contribution is 2.38. The zero-order chi connectivity index (χ0) is 36.0. The second kappa shape index (κ2) is 12.9. The van der Waals surface area contributed by atoms with Crippen LogP contribution in [0.2, 0.25) is 0 Å². The molecule has 10 rings (SSSR count). The number of hydrazone groups is 1. The van der Waals surface area contributed by atoms with E-state index in [2.05, 4.69) is 66.1 Å². The molecule has 0 spiro atoms. The monoisotopic (exact) mass is 694 g/mol. The quantitative estimate of drug-likeness (QED) is 0.169. The van der Waals surface area contributed by atoms with Crippen molar-refractivity contribution in [2.45, 2.75) is 0 Å². The van der Waals surface area contributed by atoms with Crippen LogP contribution in [0.1, 0.15) is 11.1 Å². The molecule has 7 heteroatoms. The van der Waals surface area contributed by atoms with Gasteiger partial charge in [-0.1, -0.05) is 133 Å². The molecule has 0 saturated heterocycles. The first-order chi connectivity index (χ1) is 26.7. The van der Waals surface area contributed by atoms with Crippen molar-refractivity contribution in [1.29, 1.82) is 5.41 Å². The van der Waals surface area contributed by atoms with Crippen LogP contribution in [0.3, 0.4) is 0 Å². The van der Waals surface area contributed by atoms with Gasteiger partial charge in [-0.15, -0.1) is 0 Å². The summed E-state index contributed by atoms with van der Waals surface area (Å²) in [5, 5.41) is 17.6. The Morgan fingerprint density at radius 3 is 2.04 bits per heavy atom. The van der Waals surface area contributed by atoms with Crippen molar-refractivity contribution in [2.24, 2.45) is 5.10 Å². The van der Waals surface area contributed by atoms with Crippen LogP contribution < -0.4 is 5.43 Å². The second-order valence-corrected chi connectivity index (χ2v) is 13.1. The van der Waals surface area contributed by atoms with Crippen LogP contribution >= 0.6 is 0 Å². The molecule has 0 atom stereocenters. The Hall–Kier alpha value is -7.51. The lowest BCUT2D eigenvalue weighted by Gasteiger charge is -2.18. The summed E-state index contributed by atoms with van der Waals surface area (Å²) in [6, 6.07) is 52.8. The van der Waals surface area contributed by atoms with Crippen molar-refractivity contribution in [2.75, 3.05) is 5.43 Å². The Labute approximate surface area is 310 Å². The first kappa shape index (κ1) is 31.2. The summed E-state index contributed by atoms with van der Waals surface area (Å²) >= 11 is 0. The maximum absolute atomic E-state index is 8.88. The second-order valence-electron chi connectivity index (χ2n) is 13.1. The summed E-state index contributed by atoms with van der Waals surface area (Å²) in [4.78, 5) is 15.5. The number of rotatable bonds is 6. The summed E-state index contributed by atoms with van der Waals surface area (Å²) in [7, 11) is 0. The number of benzene rings is 7. The van der Waals surface area contributed by atoms with Gasteiger partial charge >= 0.3 is 0 Å². The predicted octanol–water partition coefficient (Wildman–Crippen LogP) is 11.5. The van der Waals surface area contributed by atoms with Gasteiger partial charge in [0.25, 0.3) is 0 Å². The number of fused-ring (bicyclic) bond motifs is 6. The van der Waals surface area contributed by atoms with Gasteiger partial charge in [-0.05, 0) is 63.9 Å². The zero-order valence-corrected chi connectivity index (χ0v) is 28.9. The lowest BCUT2D eigenvalue weighted by molar-refractivity contribution is 0.669. The first-order valence-corrected chi connectivity index (χ1v) is 17.7. The standard InChI is InChI=1S/C47H30N6O/c48-40-27-26-31-24-22-30-23-25-32(28-39(30)42(31)43(40)53-52-33-14-5-2-6-15-33)45-49-46(37-18-8-7-16-34(37)29-12-3-1-4-13-29)51-47(50-45)38-20-11-19-36-35-17-9-10-21-41(35)54-44(36)38/h1-28,48,52H/b48-40?,53-43+. The van der Waals surface area contributed by atoms with E-state index in [1.165, 1.54) is 0 Å². The smallest absolute Gasteiger partial charge is 0.167 e. The van der Waals surface area contributed by atoms with Crippen LogP contribution in [0.4, 0.5) is 5.69 Å². The molecule has 0 aliphatic heterocycles. The molecule has 0 unspecified atom stereocenters. The molecule has 7 aromatic carbocycles. The fourth-order valence-electron chi connectivity index (χ4n) is 7.23. The average molecular weight is 695 g/mol. The minimum absolute atomic E-state index is 0.324. The Kier molecular flexibility index (Phi) is 7.47. The van der Waals surface area contributed by atoms with Gasteiger partial charge in [0.1, 0.15) is 16.9 Å². The molecule has 9 aromatic rings. The van der Waals surface area contributed by atoms with Gasteiger partial charge in [0, 0.05) is 27.5 Å². The molecule has 0 amide bonds. The van der Waals surface area contributed by atoms with Gasteiger partial charge in [0.15, 0.2) is 17.5 Å². The highest BCUT2D eigenvalue weighted by Gasteiger charge is 2.22. The van der Waals surface area contributed by atoms with Crippen LogP contribution in [-0.2, 0) is 0 Å². The average Bonchev–Trinajstić information content (AvgIpc) is 3.62. The number of nitrogens with zero attached hydrogens (tertiary/aromatic N) is 4. The number of nitrogens with one attached hydrogen (secondary N) is 2. The fourth-order valence-corrected chi connectivity index (χ4v) is 7.23. The van der Waals surface area contributed by atoms with E-state index in [1.54, 1.807) is 6.08 Å². The summed E-state index contributed by atoms with van der Waals surface area (Å²) in [5.41, 5.74) is 12.9. The third kappa shape index (κ3) is 5.43. The molecule has 0 saturated carbocycles. The van der Waals surface area contributed by atoms with Crippen molar-refractivity contribution in [3.05, 3.63) is 175 Å². The Balaban J connectivity index is 1.19. The Morgan fingerprint density at radius 1 is 0.519 bits per heavy atom. The molecule has 1 aliphatic carbocycles. The van der Waals surface area contributed by atoms with E-state index in [9.17, 15) is 0 Å². The molecule has 2 heterocycles. The van der Waals surface area contributed by atoms with Gasteiger partial charge in [0.2, 0.25) is 0 Å². The molecule has 0 fully saturated rings. The van der Waals surface area contributed by atoms with Gasteiger partial charge in [-0.3, -0.25) is 10.8 Å². The highest BCUT2D eigenvalue weighted by atomic mass is 16.3. The summed E-state index contributed by atoms with van der Waals surface area (Å²) in [6.07, 6.45) is 3.76. The molecule has 7 nitrogen and oxygen atoms in total. The van der Waals surface area contributed by atoms with Crippen LogP contribution in [0.25, 0.3) is 84.1 Å². The van der Waals surface area contributed by atoms with Crippen LogP contribution in [-0.4, -0.2) is 26.4 Å². The van der Waals surface area contributed by atoms with Crippen molar-refractivity contribution in [3.8, 4) is 45.3 Å². The molecule has 2 N–H and O–H groups in total. The normalized spacial score (nSPS) is 13.2. The predicted molar refractivity (Wildman–Crippen MR) is 220 cm³/mol. The third-order valence-electron chi connectivity index (χ3n) is 9.84. The molecule has 2 aromatic heterocycles. The van der Waals surface area contributed by atoms with Crippen molar-refractivity contribution < 1.29 is 4.42 Å². The minimum Gasteiger partial charge on any atom is -0.455 e. The number of furan rings is 1. The molecular formula is C47H30N6O. The Morgan fingerprint density at radius 2 is 1.19 bits per heavy atom. The van der Waals surface area contributed by atoms with E-state index in [4.69, 9.17) is 29.9 Å². The molecule has 254 valence electrons. The highest BCUT2D eigenvalue weighted by molar-refractivity contribution is 6.55. The lowest BCUT2D eigenvalue weighted by Crippen LogP contribution is -2.19. The van der Waals surface area contributed by atoms with E-state index in [1.807, 2.05) is 103 Å². The molecule has 1 aliphatic rings.